The average molecular weight is 358 g/mol. The smallest absolute Gasteiger partial charge is 0.211 e. The number of sulfonamides is 1. The molecule has 2 aliphatic carbocycles. The third-order valence-corrected chi connectivity index (χ3v) is 6.44. The summed E-state index contributed by atoms with van der Waals surface area (Å²) >= 11 is 3.36. The molecule has 0 heterocycles. The molecule has 0 atom stereocenters. The first-order chi connectivity index (χ1) is 9.60. The molecule has 0 amide bonds. The van der Waals surface area contributed by atoms with Gasteiger partial charge in [0.15, 0.2) is 0 Å². The van der Waals surface area contributed by atoms with Crippen molar-refractivity contribution in [3.63, 3.8) is 0 Å². The minimum atomic E-state index is -3.36. The van der Waals surface area contributed by atoms with Crippen molar-refractivity contribution in [3.05, 3.63) is 29.8 Å². The van der Waals surface area contributed by atoms with Crippen LogP contribution in [0.4, 0.5) is 0 Å². The van der Waals surface area contributed by atoms with E-state index < -0.39 is 10.0 Å². The van der Waals surface area contributed by atoms with E-state index in [-0.39, 0.29) is 0 Å². The first-order valence-electron chi connectivity index (χ1n) is 7.25. The Kier molecular flexibility index (Phi) is 4.20. The van der Waals surface area contributed by atoms with Gasteiger partial charge in [-0.3, -0.25) is 0 Å². The molecule has 0 spiro atoms. The van der Waals surface area contributed by atoms with Gasteiger partial charge in [0.1, 0.15) is 0 Å². The van der Waals surface area contributed by atoms with Crippen molar-refractivity contribution in [2.75, 3.05) is 6.54 Å². The van der Waals surface area contributed by atoms with E-state index in [0.717, 1.165) is 22.7 Å². The summed E-state index contributed by atoms with van der Waals surface area (Å²) in [5.74, 6) is 2.09. The lowest BCUT2D eigenvalue weighted by Crippen LogP contribution is -2.31. The predicted molar refractivity (Wildman–Crippen MR) is 83.2 cm³/mol. The number of benzene rings is 1. The molecule has 0 bridgehead atoms. The molecule has 3 nitrogen and oxygen atoms in total. The maximum atomic E-state index is 12.3. The standard InChI is InChI=1S/C15H20BrNO2S/c16-9-11-1-7-14(8-2-11)20(18,19)17-10-15(12-3-4-12)13-5-6-13/h1-2,7-8,12-13,15,17H,3-6,9-10H2. The van der Waals surface area contributed by atoms with Gasteiger partial charge in [-0.05, 0) is 61.1 Å². The molecular weight excluding hydrogens is 338 g/mol. The lowest BCUT2D eigenvalue weighted by Gasteiger charge is -2.16. The first-order valence-corrected chi connectivity index (χ1v) is 9.85. The number of halogens is 1. The number of hydrogen-bond donors (Lipinski definition) is 1. The zero-order chi connectivity index (χ0) is 14.2. The van der Waals surface area contributed by atoms with Crippen molar-refractivity contribution >= 4 is 26.0 Å². The fourth-order valence-electron chi connectivity index (χ4n) is 2.81. The van der Waals surface area contributed by atoms with Crippen LogP contribution in [0.1, 0.15) is 31.2 Å². The van der Waals surface area contributed by atoms with E-state index in [1.807, 2.05) is 12.1 Å². The summed E-state index contributed by atoms with van der Waals surface area (Å²) in [4.78, 5) is 0.368. The van der Waals surface area contributed by atoms with Gasteiger partial charge in [-0.1, -0.05) is 28.1 Å². The van der Waals surface area contributed by atoms with Crippen molar-refractivity contribution in [2.24, 2.45) is 17.8 Å². The van der Waals surface area contributed by atoms with Gasteiger partial charge in [-0.15, -0.1) is 0 Å². The molecule has 3 rings (SSSR count). The van der Waals surface area contributed by atoms with Crippen molar-refractivity contribution in [2.45, 2.75) is 35.9 Å². The Hall–Kier alpha value is -0.390. The molecule has 0 unspecified atom stereocenters. The van der Waals surface area contributed by atoms with Gasteiger partial charge in [0, 0.05) is 11.9 Å². The summed E-state index contributed by atoms with van der Waals surface area (Å²) in [5, 5.41) is 0.742. The molecule has 1 aromatic rings. The van der Waals surface area contributed by atoms with Crippen LogP contribution >= 0.6 is 15.9 Å². The Morgan fingerprint density at radius 3 is 2.10 bits per heavy atom. The highest BCUT2D eigenvalue weighted by Gasteiger charge is 2.41. The second kappa shape index (κ2) is 5.78. The number of alkyl halides is 1. The largest absolute Gasteiger partial charge is 0.240 e. The fraction of sp³-hybridized carbons (Fsp3) is 0.600. The van der Waals surface area contributed by atoms with Gasteiger partial charge in [0.2, 0.25) is 10.0 Å². The summed E-state index contributed by atoms with van der Waals surface area (Å²) < 4.78 is 27.4. The highest BCUT2D eigenvalue weighted by atomic mass is 79.9. The van der Waals surface area contributed by atoms with Gasteiger partial charge in [-0.25, -0.2) is 13.1 Å². The maximum Gasteiger partial charge on any atom is 0.240 e. The third-order valence-electron chi connectivity index (χ3n) is 4.35. The van der Waals surface area contributed by atoms with E-state index in [0.29, 0.717) is 17.4 Å². The highest BCUT2D eigenvalue weighted by molar-refractivity contribution is 9.08. The number of nitrogens with one attached hydrogen (secondary N) is 1. The van der Waals surface area contributed by atoms with Gasteiger partial charge < -0.3 is 0 Å². The molecule has 0 aromatic heterocycles. The molecule has 110 valence electrons. The van der Waals surface area contributed by atoms with Crippen LogP contribution in [0.3, 0.4) is 0 Å². The predicted octanol–water partition coefficient (Wildman–Crippen LogP) is 3.30. The monoisotopic (exact) mass is 357 g/mol. The van der Waals surface area contributed by atoms with Crippen LogP contribution in [0.15, 0.2) is 29.2 Å². The van der Waals surface area contributed by atoms with Crippen LogP contribution in [0.2, 0.25) is 0 Å². The number of rotatable bonds is 7. The second-order valence-electron chi connectivity index (χ2n) is 5.97. The van der Waals surface area contributed by atoms with Gasteiger partial charge in [-0.2, -0.15) is 0 Å². The van der Waals surface area contributed by atoms with Crippen molar-refractivity contribution in [1.82, 2.24) is 4.72 Å². The summed E-state index contributed by atoms with van der Waals surface area (Å²) in [6, 6.07) is 7.06. The second-order valence-corrected chi connectivity index (χ2v) is 8.30. The minimum absolute atomic E-state index is 0.368. The Morgan fingerprint density at radius 1 is 1.10 bits per heavy atom. The molecule has 1 aromatic carbocycles. The Morgan fingerprint density at radius 2 is 1.65 bits per heavy atom. The van der Waals surface area contributed by atoms with E-state index >= 15 is 0 Å². The van der Waals surface area contributed by atoms with Crippen LogP contribution in [-0.4, -0.2) is 15.0 Å². The summed E-state index contributed by atoms with van der Waals surface area (Å²) in [5.41, 5.74) is 1.08. The Balaban J connectivity index is 1.64. The molecular formula is C15H20BrNO2S. The molecule has 0 saturated heterocycles. The van der Waals surface area contributed by atoms with Crippen molar-refractivity contribution in [3.8, 4) is 0 Å². The molecule has 2 fully saturated rings. The summed E-state index contributed by atoms with van der Waals surface area (Å²) in [7, 11) is -3.36. The van der Waals surface area contributed by atoms with Crippen LogP contribution in [0.25, 0.3) is 0 Å². The normalized spacial score (nSPS) is 19.5. The lowest BCUT2D eigenvalue weighted by molar-refractivity contribution is 0.401. The molecule has 0 radical (unpaired) electrons. The van der Waals surface area contributed by atoms with E-state index in [4.69, 9.17) is 0 Å². The highest BCUT2D eigenvalue weighted by Crippen LogP contribution is 2.48. The quantitative estimate of drug-likeness (QED) is 0.761. The summed E-state index contributed by atoms with van der Waals surface area (Å²) in [6.45, 7) is 0.609. The van der Waals surface area contributed by atoms with Crippen LogP contribution < -0.4 is 4.72 Å². The zero-order valence-corrected chi connectivity index (χ0v) is 13.8. The molecule has 5 heteroatoms. The molecule has 2 aliphatic rings. The molecule has 0 aliphatic heterocycles. The van der Waals surface area contributed by atoms with Crippen LogP contribution in [0.5, 0.6) is 0 Å². The molecule has 20 heavy (non-hydrogen) atoms. The van der Waals surface area contributed by atoms with Crippen LogP contribution in [-0.2, 0) is 15.4 Å². The molecule has 2 saturated carbocycles. The first kappa shape index (κ1) is 14.5. The Bertz CT molecular complexity index is 550. The Labute approximate surface area is 129 Å². The minimum Gasteiger partial charge on any atom is -0.211 e. The zero-order valence-electron chi connectivity index (χ0n) is 11.4. The topological polar surface area (TPSA) is 46.2 Å². The van der Waals surface area contributed by atoms with Gasteiger partial charge in [0.05, 0.1) is 4.90 Å². The van der Waals surface area contributed by atoms with Crippen molar-refractivity contribution < 1.29 is 8.42 Å². The molecule has 1 N–H and O–H groups in total. The van der Waals surface area contributed by atoms with Crippen molar-refractivity contribution in [1.29, 1.82) is 0 Å². The van der Waals surface area contributed by atoms with E-state index in [1.165, 1.54) is 25.7 Å². The number of hydrogen-bond acceptors (Lipinski definition) is 2. The summed E-state index contributed by atoms with van der Waals surface area (Å²) in [6.07, 6.45) is 5.12. The SMILES string of the molecule is O=S(=O)(NCC(C1CC1)C1CC1)c1ccc(CBr)cc1. The average Bonchev–Trinajstić information content (AvgIpc) is 3.32. The maximum absolute atomic E-state index is 12.3. The van der Waals surface area contributed by atoms with E-state index in [9.17, 15) is 8.42 Å². The van der Waals surface area contributed by atoms with Gasteiger partial charge in [0.25, 0.3) is 0 Å². The van der Waals surface area contributed by atoms with Crippen LogP contribution in [0, 0.1) is 17.8 Å². The third kappa shape index (κ3) is 3.43. The van der Waals surface area contributed by atoms with E-state index in [1.54, 1.807) is 12.1 Å². The lowest BCUT2D eigenvalue weighted by atomic mass is 9.99. The van der Waals surface area contributed by atoms with E-state index in [2.05, 4.69) is 20.7 Å². The fourth-order valence-corrected chi connectivity index (χ4v) is 4.26. The van der Waals surface area contributed by atoms with Gasteiger partial charge >= 0.3 is 0 Å².